The zero-order valence-electron chi connectivity index (χ0n) is 14.8. The largest absolute Gasteiger partial charge is 0.454 e. The maximum Gasteiger partial charge on any atom is 0.231 e. The van der Waals surface area contributed by atoms with Gasteiger partial charge in [-0.25, -0.2) is 0 Å². The minimum absolute atomic E-state index is 0.0410. The predicted molar refractivity (Wildman–Crippen MR) is 89.5 cm³/mol. The second-order valence-electron chi connectivity index (χ2n) is 5.59. The Morgan fingerprint density at radius 1 is 1.00 bits per heavy atom. The van der Waals surface area contributed by atoms with Gasteiger partial charge in [0.1, 0.15) is 0 Å². The van der Waals surface area contributed by atoms with Crippen LogP contribution in [0.5, 0.6) is 11.5 Å². The molecule has 1 aliphatic heterocycles. The van der Waals surface area contributed by atoms with Crippen molar-refractivity contribution in [3.8, 4) is 11.5 Å². The average molecular weight is 340 g/mol. The number of benzene rings is 1. The molecule has 0 spiro atoms. The summed E-state index contributed by atoms with van der Waals surface area (Å²) in [5.41, 5.74) is 1.15. The summed E-state index contributed by atoms with van der Waals surface area (Å²) in [6.07, 6.45) is 0.554. The molecule has 0 radical (unpaired) electrons. The van der Waals surface area contributed by atoms with Crippen LogP contribution in [0, 0.1) is 0 Å². The van der Waals surface area contributed by atoms with Crippen molar-refractivity contribution in [3.63, 3.8) is 0 Å². The number of fused-ring (bicyclic) bond motifs is 1. The Morgan fingerprint density at radius 2 is 1.75 bits per heavy atom. The van der Waals surface area contributed by atoms with Crippen LogP contribution in [0.4, 0.5) is 0 Å². The lowest BCUT2D eigenvalue weighted by Gasteiger charge is -2.20. The Kier molecular flexibility index (Phi) is 8.32. The molecule has 0 aromatic heterocycles. The van der Waals surface area contributed by atoms with Crippen LogP contribution in [-0.4, -0.2) is 52.2 Å². The summed E-state index contributed by atoms with van der Waals surface area (Å²) >= 11 is 0. The molecule has 0 unspecified atom stereocenters. The molecule has 2 rings (SSSR count). The maximum absolute atomic E-state index is 5.84. The van der Waals surface area contributed by atoms with E-state index in [0.717, 1.165) is 23.5 Å². The van der Waals surface area contributed by atoms with E-state index in [-0.39, 0.29) is 12.4 Å². The fraction of sp³-hybridized carbons (Fsp3) is 0.667. The van der Waals surface area contributed by atoms with E-state index in [0.29, 0.717) is 39.8 Å². The highest BCUT2D eigenvalue weighted by Gasteiger charge is 2.15. The molecule has 0 saturated heterocycles. The third kappa shape index (κ3) is 6.65. The van der Waals surface area contributed by atoms with Crippen molar-refractivity contribution >= 4 is 0 Å². The fourth-order valence-electron chi connectivity index (χ4n) is 2.45. The Bertz CT molecular complexity index is 479. The van der Waals surface area contributed by atoms with Crippen LogP contribution in [0.3, 0.4) is 0 Å². The molecule has 0 N–H and O–H groups in total. The first kappa shape index (κ1) is 19.0. The van der Waals surface area contributed by atoms with Gasteiger partial charge in [-0.2, -0.15) is 0 Å². The molecule has 6 heteroatoms. The van der Waals surface area contributed by atoms with E-state index in [4.69, 9.17) is 28.4 Å². The van der Waals surface area contributed by atoms with Gasteiger partial charge in [0.25, 0.3) is 0 Å². The van der Waals surface area contributed by atoms with E-state index < -0.39 is 0 Å². The summed E-state index contributed by atoms with van der Waals surface area (Å²) in [4.78, 5) is 0. The first-order chi connectivity index (χ1) is 11.7. The molecular weight excluding hydrogens is 312 g/mol. The molecule has 0 amide bonds. The van der Waals surface area contributed by atoms with Gasteiger partial charge in [0.15, 0.2) is 17.8 Å². The lowest BCUT2D eigenvalue weighted by molar-refractivity contribution is -0.162. The van der Waals surface area contributed by atoms with Crippen molar-refractivity contribution < 1.29 is 28.4 Å². The zero-order chi connectivity index (χ0) is 17.2. The summed E-state index contributed by atoms with van der Waals surface area (Å²) in [6, 6.07) is 5.97. The van der Waals surface area contributed by atoms with Gasteiger partial charge >= 0.3 is 0 Å². The van der Waals surface area contributed by atoms with Crippen LogP contribution < -0.4 is 9.47 Å². The molecule has 0 bridgehead atoms. The van der Waals surface area contributed by atoms with E-state index in [1.165, 1.54) is 0 Å². The first-order valence-corrected chi connectivity index (χ1v) is 8.50. The number of rotatable bonds is 12. The monoisotopic (exact) mass is 340 g/mol. The van der Waals surface area contributed by atoms with Gasteiger partial charge in [0.2, 0.25) is 6.79 Å². The van der Waals surface area contributed by atoms with Crippen molar-refractivity contribution in [1.29, 1.82) is 0 Å². The minimum Gasteiger partial charge on any atom is -0.454 e. The third-order valence-electron chi connectivity index (χ3n) is 3.54. The molecule has 24 heavy (non-hydrogen) atoms. The molecule has 6 nitrogen and oxygen atoms in total. The number of ether oxygens (including phenoxy) is 6. The quantitative estimate of drug-likeness (QED) is 0.431. The van der Waals surface area contributed by atoms with E-state index in [2.05, 4.69) is 0 Å². The minimum atomic E-state index is -0.274. The Hall–Kier alpha value is -1.34. The second kappa shape index (κ2) is 10.5. The average Bonchev–Trinajstić information content (AvgIpc) is 3.01. The molecule has 136 valence electrons. The topological polar surface area (TPSA) is 55.4 Å². The van der Waals surface area contributed by atoms with Crippen LogP contribution in [0.1, 0.15) is 26.3 Å². The fourth-order valence-corrected chi connectivity index (χ4v) is 2.45. The zero-order valence-corrected chi connectivity index (χ0v) is 14.8. The lowest BCUT2D eigenvalue weighted by Crippen LogP contribution is -2.23. The van der Waals surface area contributed by atoms with E-state index >= 15 is 0 Å². The highest BCUT2D eigenvalue weighted by atomic mass is 16.7. The molecule has 1 aliphatic rings. The highest BCUT2D eigenvalue weighted by molar-refractivity contribution is 5.44. The number of hydrogen-bond donors (Lipinski definition) is 0. The van der Waals surface area contributed by atoms with Crippen LogP contribution >= 0.6 is 0 Å². The third-order valence-corrected chi connectivity index (χ3v) is 3.54. The van der Waals surface area contributed by atoms with Gasteiger partial charge in [0.05, 0.1) is 32.5 Å². The summed E-state index contributed by atoms with van der Waals surface area (Å²) in [5.74, 6) is 1.60. The van der Waals surface area contributed by atoms with Crippen LogP contribution in [0.15, 0.2) is 18.2 Å². The first-order valence-electron chi connectivity index (χ1n) is 8.50. The highest BCUT2D eigenvalue weighted by Crippen LogP contribution is 2.32. The molecule has 1 heterocycles. The van der Waals surface area contributed by atoms with Gasteiger partial charge in [-0.05, 0) is 44.9 Å². The van der Waals surface area contributed by atoms with Crippen LogP contribution in [-0.2, 0) is 25.4 Å². The van der Waals surface area contributed by atoms with Crippen molar-refractivity contribution in [2.24, 2.45) is 0 Å². The summed E-state index contributed by atoms with van der Waals surface area (Å²) < 4.78 is 32.7. The van der Waals surface area contributed by atoms with Crippen molar-refractivity contribution in [2.75, 3.05) is 39.8 Å². The normalized spacial score (nSPS) is 15.5. The van der Waals surface area contributed by atoms with Gasteiger partial charge < -0.3 is 28.4 Å². The van der Waals surface area contributed by atoms with Crippen molar-refractivity contribution in [2.45, 2.75) is 39.6 Å². The molecular formula is C18H28O6. The predicted octanol–water partition coefficient (Wildman–Crippen LogP) is 2.78. The second-order valence-corrected chi connectivity index (χ2v) is 5.59. The molecule has 1 aromatic carbocycles. The Morgan fingerprint density at radius 3 is 2.58 bits per heavy atom. The standard InChI is InChI=1S/C18H28O6/c1-4-19-7-8-20-9-10-21-15(3)24-14(2)11-16-5-6-17-18(12-16)23-13-22-17/h5-6,12,14-15H,4,7-11,13H2,1-3H3/t14-,15+/m1/s1. The molecule has 1 aromatic rings. The van der Waals surface area contributed by atoms with Gasteiger partial charge in [-0.3, -0.25) is 0 Å². The van der Waals surface area contributed by atoms with Gasteiger partial charge in [-0.1, -0.05) is 6.07 Å². The van der Waals surface area contributed by atoms with E-state index in [1.54, 1.807) is 0 Å². The van der Waals surface area contributed by atoms with Gasteiger partial charge in [0, 0.05) is 6.61 Å². The van der Waals surface area contributed by atoms with Gasteiger partial charge in [-0.15, -0.1) is 0 Å². The molecule has 0 aliphatic carbocycles. The SMILES string of the molecule is CCOCCOCCO[C@H](C)O[C@H](C)Cc1ccc2c(c1)OCO2. The van der Waals surface area contributed by atoms with Crippen LogP contribution in [0.2, 0.25) is 0 Å². The van der Waals surface area contributed by atoms with E-state index in [9.17, 15) is 0 Å². The van der Waals surface area contributed by atoms with Crippen LogP contribution in [0.25, 0.3) is 0 Å². The smallest absolute Gasteiger partial charge is 0.231 e. The molecule has 0 saturated carbocycles. The molecule has 2 atom stereocenters. The number of hydrogen-bond acceptors (Lipinski definition) is 6. The summed E-state index contributed by atoms with van der Waals surface area (Å²) in [5, 5.41) is 0. The molecule has 0 fully saturated rings. The Balaban J connectivity index is 1.59. The van der Waals surface area contributed by atoms with Crippen molar-refractivity contribution in [3.05, 3.63) is 23.8 Å². The van der Waals surface area contributed by atoms with E-state index in [1.807, 2.05) is 39.0 Å². The van der Waals surface area contributed by atoms with Crippen molar-refractivity contribution in [1.82, 2.24) is 0 Å². The summed E-state index contributed by atoms with van der Waals surface area (Å²) in [7, 11) is 0. The maximum atomic E-state index is 5.84. The lowest BCUT2D eigenvalue weighted by atomic mass is 10.1. The Labute approximate surface area is 143 Å². The summed E-state index contributed by atoms with van der Waals surface area (Å²) in [6.45, 7) is 9.16.